The minimum absolute atomic E-state index is 0.0294. The minimum Gasteiger partial charge on any atom is -0.399 e. The van der Waals surface area contributed by atoms with E-state index in [0.717, 1.165) is 34.8 Å². The van der Waals surface area contributed by atoms with E-state index < -0.39 is 0 Å². The Labute approximate surface area is 133 Å². The number of aromatic nitrogens is 1. The number of nitrogens with one attached hydrogen (secondary N) is 1. The number of hydrogen-bond donors (Lipinski definition) is 1. The molecule has 0 aromatic carbocycles. The van der Waals surface area contributed by atoms with Crippen molar-refractivity contribution in [3.8, 4) is 5.00 Å². The third kappa shape index (κ3) is 2.66. The molecule has 3 heterocycles. The molecule has 1 aliphatic rings. The molecule has 0 radical (unpaired) electrons. The van der Waals surface area contributed by atoms with E-state index in [1.165, 1.54) is 0 Å². The van der Waals surface area contributed by atoms with Crippen molar-refractivity contribution in [1.82, 2.24) is 9.88 Å². The molecular weight excluding hydrogens is 298 g/mol. The first kappa shape index (κ1) is 14.8. The Morgan fingerprint density at radius 2 is 2.36 bits per heavy atom. The highest BCUT2D eigenvalue weighted by molar-refractivity contribution is 7.13. The van der Waals surface area contributed by atoms with Gasteiger partial charge in [-0.05, 0) is 30.0 Å². The van der Waals surface area contributed by atoms with Gasteiger partial charge < -0.3 is 14.7 Å². The Kier molecular flexibility index (Phi) is 4.29. The van der Waals surface area contributed by atoms with Crippen molar-refractivity contribution in [3.05, 3.63) is 41.0 Å². The van der Waals surface area contributed by atoms with Gasteiger partial charge in [-0.3, -0.25) is 4.79 Å². The lowest BCUT2D eigenvalue weighted by Crippen LogP contribution is -2.29. The Morgan fingerprint density at radius 1 is 1.50 bits per heavy atom. The molecular formula is C16H19N3O2S. The van der Waals surface area contributed by atoms with Crippen LogP contribution in [0, 0.1) is 0 Å². The third-order valence-corrected chi connectivity index (χ3v) is 4.66. The van der Waals surface area contributed by atoms with Gasteiger partial charge in [0.1, 0.15) is 12.1 Å². The quantitative estimate of drug-likeness (QED) is 0.677. The smallest absolute Gasteiger partial charge is 0.254 e. The van der Waals surface area contributed by atoms with Gasteiger partial charge in [0.2, 0.25) is 0 Å². The first-order valence-electron chi connectivity index (χ1n) is 7.39. The SMILES string of the molecule is CCC/C(CC1NC(=O)c2ccsc2-n2cccc21)=N\OC. The monoisotopic (exact) mass is 317 g/mol. The molecule has 1 N–H and O–H groups in total. The number of hydrogen-bond acceptors (Lipinski definition) is 4. The second-order valence-electron chi connectivity index (χ2n) is 5.26. The number of carbonyl (C=O) groups is 1. The summed E-state index contributed by atoms with van der Waals surface area (Å²) in [6.07, 6.45) is 4.53. The summed E-state index contributed by atoms with van der Waals surface area (Å²) in [7, 11) is 1.56. The zero-order valence-electron chi connectivity index (χ0n) is 12.7. The van der Waals surface area contributed by atoms with Crippen LogP contribution in [0.25, 0.3) is 5.00 Å². The second-order valence-corrected chi connectivity index (χ2v) is 6.16. The van der Waals surface area contributed by atoms with Crippen molar-refractivity contribution in [2.45, 2.75) is 32.2 Å². The van der Waals surface area contributed by atoms with E-state index in [2.05, 4.69) is 28.0 Å². The maximum atomic E-state index is 12.5. The van der Waals surface area contributed by atoms with Crippen LogP contribution in [0.2, 0.25) is 0 Å². The number of rotatable bonds is 5. The minimum atomic E-state index is -0.0949. The highest BCUT2D eigenvalue weighted by Gasteiger charge is 2.28. The van der Waals surface area contributed by atoms with E-state index in [-0.39, 0.29) is 11.9 Å². The van der Waals surface area contributed by atoms with E-state index in [9.17, 15) is 4.79 Å². The summed E-state index contributed by atoms with van der Waals surface area (Å²) < 4.78 is 2.10. The highest BCUT2D eigenvalue weighted by atomic mass is 32.1. The van der Waals surface area contributed by atoms with Gasteiger partial charge in [-0.1, -0.05) is 18.5 Å². The maximum absolute atomic E-state index is 12.5. The molecule has 0 fully saturated rings. The topological polar surface area (TPSA) is 55.6 Å². The standard InChI is InChI=1S/C16H19N3O2S/c1-3-5-11(18-21-2)10-13-14-6-4-8-19(14)16-12(7-9-22-16)15(20)17-13/h4,6-9,13H,3,5,10H2,1-2H3,(H,17,20)/b18-11+. The number of nitrogens with zero attached hydrogens (tertiary/aromatic N) is 2. The van der Waals surface area contributed by atoms with Crippen molar-refractivity contribution in [2.24, 2.45) is 5.16 Å². The van der Waals surface area contributed by atoms with Gasteiger partial charge >= 0.3 is 0 Å². The molecule has 3 rings (SSSR count). The van der Waals surface area contributed by atoms with Gasteiger partial charge in [0.05, 0.1) is 17.3 Å². The van der Waals surface area contributed by atoms with Gasteiger partial charge in [-0.15, -0.1) is 11.3 Å². The Balaban J connectivity index is 1.96. The molecule has 0 bridgehead atoms. The van der Waals surface area contributed by atoms with Gasteiger partial charge in [-0.25, -0.2) is 0 Å². The summed E-state index contributed by atoms with van der Waals surface area (Å²) in [5.74, 6) is -0.0294. The van der Waals surface area contributed by atoms with Crippen LogP contribution in [0.15, 0.2) is 34.9 Å². The first-order valence-corrected chi connectivity index (χ1v) is 8.27. The summed E-state index contributed by atoms with van der Waals surface area (Å²) in [5.41, 5.74) is 2.77. The summed E-state index contributed by atoms with van der Waals surface area (Å²) in [6, 6.07) is 5.84. The largest absolute Gasteiger partial charge is 0.399 e. The molecule has 0 saturated heterocycles. The summed E-state index contributed by atoms with van der Waals surface area (Å²) >= 11 is 1.58. The molecule has 2 aromatic heterocycles. The molecule has 0 spiro atoms. The normalized spacial score (nSPS) is 17.5. The third-order valence-electron chi connectivity index (χ3n) is 3.75. The maximum Gasteiger partial charge on any atom is 0.254 e. The molecule has 0 aliphatic carbocycles. The van der Waals surface area contributed by atoms with Crippen LogP contribution in [0.3, 0.4) is 0 Å². The van der Waals surface area contributed by atoms with E-state index in [1.807, 2.05) is 23.7 Å². The number of carbonyl (C=O) groups excluding carboxylic acids is 1. The predicted octanol–water partition coefficient (Wildman–Crippen LogP) is 3.52. The van der Waals surface area contributed by atoms with Gasteiger partial charge in [-0.2, -0.15) is 0 Å². The van der Waals surface area contributed by atoms with Crippen LogP contribution in [0.1, 0.15) is 48.3 Å². The number of fused-ring (bicyclic) bond motifs is 3. The zero-order chi connectivity index (χ0) is 15.5. The molecule has 0 saturated carbocycles. The van der Waals surface area contributed by atoms with E-state index >= 15 is 0 Å². The van der Waals surface area contributed by atoms with E-state index in [1.54, 1.807) is 18.4 Å². The van der Waals surface area contributed by atoms with Crippen LogP contribution in [-0.2, 0) is 4.84 Å². The van der Waals surface area contributed by atoms with Crippen molar-refractivity contribution in [2.75, 3.05) is 7.11 Å². The van der Waals surface area contributed by atoms with Crippen molar-refractivity contribution in [3.63, 3.8) is 0 Å². The molecule has 1 aliphatic heterocycles. The molecule has 6 heteroatoms. The van der Waals surface area contributed by atoms with E-state index in [4.69, 9.17) is 4.84 Å². The van der Waals surface area contributed by atoms with Gasteiger partial charge in [0, 0.05) is 18.3 Å². The average molecular weight is 317 g/mol. The Morgan fingerprint density at radius 3 is 3.14 bits per heavy atom. The van der Waals surface area contributed by atoms with Crippen LogP contribution in [0.5, 0.6) is 0 Å². The fourth-order valence-corrected chi connectivity index (χ4v) is 3.73. The molecule has 1 amide bonds. The summed E-state index contributed by atoms with van der Waals surface area (Å²) in [5, 5.41) is 10.2. The van der Waals surface area contributed by atoms with Crippen molar-refractivity contribution in [1.29, 1.82) is 0 Å². The van der Waals surface area contributed by atoms with E-state index in [0.29, 0.717) is 6.42 Å². The summed E-state index contributed by atoms with van der Waals surface area (Å²) in [6.45, 7) is 2.11. The van der Waals surface area contributed by atoms with Crippen LogP contribution in [0.4, 0.5) is 0 Å². The number of oxime groups is 1. The molecule has 5 nitrogen and oxygen atoms in total. The lowest BCUT2D eigenvalue weighted by molar-refractivity contribution is 0.0940. The second kappa shape index (κ2) is 6.36. The predicted molar refractivity (Wildman–Crippen MR) is 87.8 cm³/mol. The van der Waals surface area contributed by atoms with Gasteiger partial charge in [0.15, 0.2) is 0 Å². The zero-order valence-corrected chi connectivity index (χ0v) is 13.5. The average Bonchev–Trinajstić information content (AvgIpc) is 3.13. The van der Waals surface area contributed by atoms with Crippen molar-refractivity contribution >= 4 is 23.0 Å². The van der Waals surface area contributed by atoms with Crippen LogP contribution < -0.4 is 5.32 Å². The van der Waals surface area contributed by atoms with Gasteiger partial charge in [0.25, 0.3) is 5.91 Å². The lowest BCUT2D eigenvalue weighted by atomic mass is 10.0. The molecule has 2 aromatic rings. The molecule has 22 heavy (non-hydrogen) atoms. The Bertz CT molecular complexity index is 702. The number of thiophene rings is 1. The van der Waals surface area contributed by atoms with Crippen LogP contribution in [-0.4, -0.2) is 23.3 Å². The first-order chi connectivity index (χ1) is 10.7. The van der Waals surface area contributed by atoms with Crippen molar-refractivity contribution < 1.29 is 9.63 Å². The highest BCUT2D eigenvalue weighted by Crippen LogP contribution is 2.31. The van der Waals surface area contributed by atoms with Crippen LogP contribution >= 0.6 is 11.3 Å². The molecule has 1 atom stereocenters. The summed E-state index contributed by atoms with van der Waals surface area (Å²) in [4.78, 5) is 17.4. The fraction of sp³-hybridized carbons (Fsp3) is 0.375. The molecule has 1 unspecified atom stereocenters. The Hall–Kier alpha value is -2.08. The lowest BCUT2D eigenvalue weighted by Gasteiger charge is -2.18. The fourth-order valence-electron chi connectivity index (χ4n) is 2.83. The molecule has 116 valence electrons. The number of amides is 1.